The van der Waals surface area contributed by atoms with Crippen molar-refractivity contribution >= 4 is 56.1 Å². The fraction of sp³-hybridized carbons (Fsp3) is 0.310. The van der Waals surface area contributed by atoms with Crippen LogP contribution in [0.5, 0.6) is 0 Å². The van der Waals surface area contributed by atoms with Crippen molar-refractivity contribution in [1.82, 2.24) is 5.32 Å². The molecule has 1 aliphatic heterocycles. The number of piperazine rings is 1. The summed E-state index contributed by atoms with van der Waals surface area (Å²) in [6, 6.07) is 20.3. The highest BCUT2D eigenvalue weighted by molar-refractivity contribution is 8.20. The third kappa shape index (κ3) is 7.90. The summed E-state index contributed by atoms with van der Waals surface area (Å²) < 4.78 is 0. The van der Waals surface area contributed by atoms with Crippen LogP contribution in [0.2, 0.25) is 0 Å². The van der Waals surface area contributed by atoms with E-state index in [2.05, 4.69) is 34.3 Å². The molecule has 1 saturated heterocycles. The molecule has 0 aliphatic carbocycles. The monoisotopic (exact) mass is 551 g/mol. The molecule has 1 heterocycles. The van der Waals surface area contributed by atoms with Crippen LogP contribution >= 0.6 is 21.7 Å². The molecule has 0 amide bonds. The van der Waals surface area contributed by atoms with Crippen LogP contribution in [0.1, 0.15) is 22.3 Å². The van der Waals surface area contributed by atoms with Crippen molar-refractivity contribution in [2.75, 3.05) is 56.3 Å². The lowest BCUT2D eigenvalue weighted by Gasteiger charge is -2.29. The summed E-state index contributed by atoms with van der Waals surface area (Å²) in [5.74, 6) is 0.960. The second-order valence-electron chi connectivity index (χ2n) is 9.30. The maximum atomic E-state index is 6.39. The van der Waals surface area contributed by atoms with E-state index >= 15 is 0 Å². The number of anilines is 2. The van der Waals surface area contributed by atoms with Gasteiger partial charge in [0.2, 0.25) is 0 Å². The molecule has 0 bridgehead atoms. The van der Waals surface area contributed by atoms with Crippen LogP contribution in [0.25, 0.3) is 0 Å². The van der Waals surface area contributed by atoms with Gasteiger partial charge >= 0.3 is 0 Å². The van der Waals surface area contributed by atoms with Gasteiger partial charge in [-0.15, -0.1) is 0 Å². The minimum absolute atomic E-state index is 0.480. The summed E-state index contributed by atoms with van der Waals surface area (Å²) in [6.07, 6.45) is 1.81. The van der Waals surface area contributed by atoms with Crippen molar-refractivity contribution in [1.29, 1.82) is 0 Å². The van der Waals surface area contributed by atoms with Gasteiger partial charge in [-0.25, -0.2) is 9.98 Å². The summed E-state index contributed by atoms with van der Waals surface area (Å²) in [5, 5.41) is 3.39. The molecule has 0 spiro atoms. The molecule has 0 unspecified atom stereocenters. The quantitative estimate of drug-likeness (QED) is 0.282. The van der Waals surface area contributed by atoms with Crippen LogP contribution < -0.4 is 26.6 Å². The van der Waals surface area contributed by atoms with E-state index in [0.29, 0.717) is 11.7 Å². The zero-order valence-electron chi connectivity index (χ0n) is 22.8. The molecule has 0 aromatic heterocycles. The Morgan fingerprint density at radius 2 is 1.34 bits per heavy atom. The average molecular weight is 552 g/mol. The zero-order valence-corrected chi connectivity index (χ0v) is 24.4. The Labute approximate surface area is 235 Å². The van der Waals surface area contributed by atoms with Crippen molar-refractivity contribution in [2.45, 2.75) is 13.8 Å². The van der Waals surface area contributed by atoms with Crippen molar-refractivity contribution in [3.8, 4) is 0 Å². The first-order valence-corrected chi connectivity index (χ1v) is 14.6. The van der Waals surface area contributed by atoms with E-state index in [1.807, 2.05) is 80.7 Å². The number of nitrogens with one attached hydrogen (secondary N) is 1. The molecule has 1 fully saturated rings. The highest BCUT2D eigenvalue weighted by Gasteiger charge is 2.12. The number of benzene rings is 3. The number of nitrogens with zero attached hydrogens (tertiary/aromatic N) is 4. The maximum absolute atomic E-state index is 6.39. The Bertz CT molecular complexity index is 1270. The molecular weight excluding hydrogens is 514 g/mol. The number of halogens is 1. The summed E-state index contributed by atoms with van der Waals surface area (Å²) in [4.78, 5) is 13.8. The topological polar surface area (TPSA) is 95.3 Å². The molecular formula is C29H38ClN7S. The number of amidine groups is 2. The van der Waals surface area contributed by atoms with Gasteiger partial charge in [0.1, 0.15) is 11.7 Å². The minimum atomic E-state index is 0.480. The lowest BCUT2D eigenvalue weighted by atomic mass is 10.1. The average Bonchev–Trinajstić information content (AvgIpc) is 2.91. The highest BCUT2D eigenvalue weighted by Crippen LogP contribution is 2.27. The second-order valence-corrected chi connectivity index (χ2v) is 10.5. The fourth-order valence-corrected chi connectivity index (χ4v) is 4.14. The third-order valence-corrected chi connectivity index (χ3v) is 6.32. The van der Waals surface area contributed by atoms with Crippen molar-refractivity contribution in [3.63, 3.8) is 0 Å². The number of aryl methyl sites for hydroxylation is 2. The predicted molar refractivity (Wildman–Crippen MR) is 168 cm³/mol. The third-order valence-electron chi connectivity index (χ3n) is 6.32. The normalized spacial score (nSPS) is 14.1. The van der Waals surface area contributed by atoms with Gasteiger partial charge in [0.05, 0.1) is 11.4 Å². The maximum Gasteiger partial charge on any atom is 0.131 e. The first-order valence-electron chi connectivity index (χ1n) is 12.5. The van der Waals surface area contributed by atoms with Gasteiger partial charge in [-0.05, 0) is 103 Å². The minimum Gasteiger partial charge on any atom is -0.383 e. The Morgan fingerprint density at radius 3 is 1.87 bits per heavy atom. The van der Waals surface area contributed by atoms with E-state index in [-0.39, 0.29) is 0 Å². The van der Waals surface area contributed by atoms with Gasteiger partial charge in [-0.3, -0.25) is 0 Å². The molecule has 4 rings (SSSR count). The number of aliphatic imine (C=N–C) groups is 2. The first kappa shape index (κ1) is 29.4. The van der Waals surface area contributed by atoms with E-state index < -0.39 is 0 Å². The Kier molecular flexibility index (Phi) is 10.9. The largest absolute Gasteiger partial charge is 0.383 e. The number of nitrogens with two attached hydrogens (primary N) is 2. The molecule has 202 valence electrons. The van der Waals surface area contributed by atoms with Crippen molar-refractivity contribution in [3.05, 3.63) is 82.9 Å². The molecule has 0 saturated carbocycles. The van der Waals surface area contributed by atoms with E-state index in [9.17, 15) is 0 Å². The number of hydrogen-bond acceptors (Lipinski definition) is 6. The van der Waals surface area contributed by atoms with Gasteiger partial charge < -0.3 is 26.6 Å². The highest BCUT2D eigenvalue weighted by atomic mass is 35.7. The number of rotatable bonds is 6. The second kappa shape index (κ2) is 14.1. The molecule has 5 N–H and O–H groups in total. The molecule has 3 aromatic rings. The SMILES string of the molecule is CSCl.Cc1cc(C(N)=Nc2ccc(N3CCNCC3)cc2C)ccc1N=C(N)c1ccc(N(C)C)cc1. The van der Waals surface area contributed by atoms with Crippen molar-refractivity contribution < 1.29 is 0 Å². The Balaban J connectivity index is 0.00000127. The summed E-state index contributed by atoms with van der Waals surface area (Å²) in [7, 11) is 10.2. The molecule has 9 heteroatoms. The summed E-state index contributed by atoms with van der Waals surface area (Å²) in [6.45, 7) is 8.15. The van der Waals surface area contributed by atoms with E-state index in [1.165, 1.54) is 16.7 Å². The van der Waals surface area contributed by atoms with Crippen LogP contribution in [-0.4, -0.2) is 58.2 Å². The standard InChI is InChI=1S/C28H35N7.CH3ClS/c1-19-17-22(7-11-25(19)32-27(29)21-5-8-23(9-6-21)34(3)4)28(30)33-26-12-10-24(18-20(26)2)35-15-13-31-14-16-35;1-3-2/h5-12,17-18,31H,13-16H2,1-4H3,(H2,29,32)(H2,30,33);1H3. The van der Waals surface area contributed by atoms with Crippen LogP contribution in [0.3, 0.4) is 0 Å². The summed E-state index contributed by atoms with van der Waals surface area (Å²) >= 11 is 0. The lowest BCUT2D eigenvalue weighted by molar-refractivity contribution is 0.589. The Hall–Kier alpha value is -3.20. The van der Waals surface area contributed by atoms with E-state index in [4.69, 9.17) is 27.1 Å². The molecule has 3 aromatic carbocycles. The summed E-state index contributed by atoms with van der Waals surface area (Å²) in [5.41, 5.74) is 20.6. The molecule has 1 aliphatic rings. The molecule has 0 atom stereocenters. The first-order chi connectivity index (χ1) is 18.2. The van der Waals surface area contributed by atoms with Gasteiger partial charge in [-0.2, -0.15) is 0 Å². The van der Waals surface area contributed by atoms with Crippen LogP contribution in [0.4, 0.5) is 22.7 Å². The van der Waals surface area contributed by atoms with Gasteiger partial charge in [0, 0.05) is 62.8 Å². The van der Waals surface area contributed by atoms with Crippen LogP contribution in [0.15, 0.2) is 70.6 Å². The van der Waals surface area contributed by atoms with Crippen LogP contribution in [-0.2, 0) is 0 Å². The fourth-order valence-electron chi connectivity index (χ4n) is 4.14. The van der Waals surface area contributed by atoms with E-state index in [0.717, 1.165) is 65.5 Å². The predicted octanol–water partition coefficient (Wildman–Crippen LogP) is 5.36. The van der Waals surface area contributed by atoms with Crippen molar-refractivity contribution in [2.24, 2.45) is 21.5 Å². The Morgan fingerprint density at radius 1 is 0.842 bits per heavy atom. The van der Waals surface area contributed by atoms with Crippen LogP contribution in [0, 0.1) is 13.8 Å². The molecule has 38 heavy (non-hydrogen) atoms. The number of hydrogen-bond donors (Lipinski definition) is 3. The molecule has 7 nitrogen and oxygen atoms in total. The van der Waals surface area contributed by atoms with Gasteiger partial charge in [0.15, 0.2) is 0 Å². The van der Waals surface area contributed by atoms with Gasteiger partial charge in [0.25, 0.3) is 0 Å². The molecule has 0 radical (unpaired) electrons. The van der Waals surface area contributed by atoms with Gasteiger partial charge in [-0.1, -0.05) is 11.0 Å². The lowest BCUT2D eigenvalue weighted by Crippen LogP contribution is -2.43. The zero-order chi connectivity index (χ0) is 27.7. The smallest absolute Gasteiger partial charge is 0.131 e. The van der Waals surface area contributed by atoms with E-state index in [1.54, 1.807) is 0 Å².